The van der Waals surface area contributed by atoms with Gasteiger partial charge in [0.05, 0.1) is 12.8 Å². The molecule has 6 nitrogen and oxygen atoms in total. The summed E-state index contributed by atoms with van der Waals surface area (Å²) in [7, 11) is 1.56. The van der Waals surface area contributed by atoms with Gasteiger partial charge in [0.25, 0.3) is 0 Å². The van der Waals surface area contributed by atoms with Gasteiger partial charge in [-0.3, -0.25) is 14.9 Å². The van der Waals surface area contributed by atoms with Crippen LogP contribution in [-0.4, -0.2) is 25.0 Å². The Kier molecular flexibility index (Phi) is 4.72. The molecule has 4 amide bonds. The minimum atomic E-state index is -0.995. The van der Waals surface area contributed by atoms with E-state index in [1.54, 1.807) is 49.6 Å². The smallest absolute Gasteiger partial charge is 0.335 e. The number of rotatable bonds is 4. The van der Waals surface area contributed by atoms with E-state index in [0.717, 1.165) is 10.5 Å². The standard InChI is InChI=1S/C18H15ClN2O4/c1-25-14-7-5-11(6-8-14)9-15-16(22)20-18(24)21(17(15)23)13-4-2-3-12(19)10-13/h2-8,10,15H,9H2,1H3,(H,20,22,24)/t15-/m1/s1. The highest BCUT2D eigenvalue weighted by Gasteiger charge is 2.41. The van der Waals surface area contributed by atoms with Crippen LogP contribution >= 0.6 is 11.6 Å². The van der Waals surface area contributed by atoms with Gasteiger partial charge in [-0.15, -0.1) is 0 Å². The number of benzene rings is 2. The summed E-state index contributed by atoms with van der Waals surface area (Å²) in [6, 6.07) is 12.6. The number of nitrogens with zero attached hydrogens (tertiary/aromatic N) is 1. The third kappa shape index (κ3) is 3.49. The molecule has 1 N–H and O–H groups in total. The van der Waals surface area contributed by atoms with E-state index < -0.39 is 23.8 Å². The molecule has 25 heavy (non-hydrogen) atoms. The number of hydrogen-bond acceptors (Lipinski definition) is 4. The van der Waals surface area contributed by atoms with Gasteiger partial charge in [-0.1, -0.05) is 29.8 Å². The molecular formula is C18H15ClN2O4. The lowest BCUT2D eigenvalue weighted by Crippen LogP contribution is -2.58. The Morgan fingerprint density at radius 1 is 1.12 bits per heavy atom. The maximum atomic E-state index is 12.8. The highest BCUT2D eigenvalue weighted by molar-refractivity contribution is 6.32. The van der Waals surface area contributed by atoms with Crippen LogP contribution in [0.5, 0.6) is 5.75 Å². The zero-order valence-electron chi connectivity index (χ0n) is 13.4. The number of halogens is 1. The first-order chi connectivity index (χ1) is 12.0. The van der Waals surface area contributed by atoms with E-state index in [9.17, 15) is 14.4 Å². The lowest BCUT2D eigenvalue weighted by molar-refractivity contribution is -0.134. The lowest BCUT2D eigenvalue weighted by atomic mass is 9.95. The molecular weight excluding hydrogens is 344 g/mol. The summed E-state index contributed by atoms with van der Waals surface area (Å²) in [6.45, 7) is 0. The first-order valence-electron chi connectivity index (χ1n) is 7.57. The Balaban J connectivity index is 1.87. The summed E-state index contributed by atoms with van der Waals surface area (Å²) in [5.41, 5.74) is 1.11. The van der Waals surface area contributed by atoms with Gasteiger partial charge in [0, 0.05) is 5.02 Å². The molecule has 3 rings (SSSR count). The third-order valence-electron chi connectivity index (χ3n) is 3.93. The van der Waals surface area contributed by atoms with Gasteiger partial charge < -0.3 is 4.74 Å². The fourth-order valence-corrected chi connectivity index (χ4v) is 2.84. The quantitative estimate of drug-likeness (QED) is 0.853. The van der Waals surface area contributed by atoms with Crippen molar-refractivity contribution in [2.75, 3.05) is 12.0 Å². The molecule has 1 aliphatic heterocycles. The Morgan fingerprint density at radius 2 is 1.84 bits per heavy atom. The van der Waals surface area contributed by atoms with Crippen molar-refractivity contribution >= 4 is 35.1 Å². The molecule has 1 aliphatic rings. The van der Waals surface area contributed by atoms with Crippen LogP contribution in [0.3, 0.4) is 0 Å². The van der Waals surface area contributed by atoms with Crippen LogP contribution in [-0.2, 0) is 16.0 Å². The van der Waals surface area contributed by atoms with Crippen molar-refractivity contribution in [2.45, 2.75) is 6.42 Å². The molecule has 7 heteroatoms. The van der Waals surface area contributed by atoms with Gasteiger partial charge in [0.2, 0.25) is 11.8 Å². The highest BCUT2D eigenvalue weighted by Crippen LogP contribution is 2.25. The molecule has 0 spiro atoms. The number of nitrogens with one attached hydrogen (secondary N) is 1. The normalized spacial score (nSPS) is 17.4. The molecule has 0 saturated carbocycles. The minimum absolute atomic E-state index is 0.180. The average molecular weight is 359 g/mol. The van der Waals surface area contributed by atoms with Crippen LogP contribution in [0.1, 0.15) is 5.56 Å². The van der Waals surface area contributed by atoms with E-state index in [1.807, 2.05) is 0 Å². The van der Waals surface area contributed by atoms with Crippen molar-refractivity contribution in [1.82, 2.24) is 5.32 Å². The van der Waals surface area contributed by atoms with Gasteiger partial charge >= 0.3 is 6.03 Å². The van der Waals surface area contributed by atoms with Gasteiger partial charge in [-0.05, 0) is 42.3 Å². The van der Waals surface area contributed by atoms with Gasteiger partial charge in [0.1, 0.15) is 11.7 Å². The maximum Gasteiger partial charge on any atom is 0.335 e. The number of amides is 4. The van der Waals surface area contributed by atoms with E-state index >= 15 is 0 Å². The van der Waals surface area contributed by atoms with Crippen molar-refractivity contribution in [2.24, 2.45) is 5.92 Å². The SMILES string of the molecule is COc1ccc(C[C@@H]2C(=O)NC(=O)N(c3cccc(Cl)c3)C2=O)cc1. The predicted molar refractivity (Wildman–Crippen MR) is 92.7 cm³/mol. The Labute approximate surface area is 149 Å². The molecule has 0 unspecified atom stereocenters. The largest absolute Gasteiger partial charge is 0.497 e. The molecule has 1 fully saturated rings. The second-order valence-corrected chi connectivity index (χ2v) is 5.99. The fourth-order valence-electron chi connectivity index (χ4n) is 2.65. The molecule has 1 heterocycles. The number of urea groups is 1. The zero-order valence-corrected chi connectivity index (χ0v) is 14.1. The number of methoxy groups -OCH3 is 1. The van der Waals surface area contributed by atoms with Crippen molar-refractivity contribution in [1.29, 1.82) is 0 Å². The Bertz CT molecular complexity index is 835. The number of barbiturate groups is 1. The average Bonchev–Trinajstić information content (AvgIpc) is 2.59. The number of ether oxygens (including phenoxy) is 1. The molecule has 0 radical (unpaired) electrons. The summed E-state index contributed by atoms with van der Waals surface area (Å²) < 4.78 is 5.09. The van der Waals surface area contributed by atoms with Crippen LogP contribution < -0.4 is 15.0 Å². The number of carbonyl (C=O) groups is 3. The van der Waals surface area contributed by atoms with E-state index in [0.29, 0.717) is 16.5 Å². The second-order valence-electron chi connectivity index (χ2n) is 5.55. The van der Waals surface area contributed by atoms with E-state index in [4.69, 9.17) is 16.3 Å². The van der Waals surface area contributed by atoms with Crippen LogP contribution in [0.4, 0.5) is 10.5 Å². The van der Waals surface area contributed by atoms with Crippen LogP contribution in [0.2, 0.25) is 5.02 Å². The number of anilines is 1. The van der Waals surface area contributed by atoms with E-state index in [2.05, 4.69) is 5.32 Å². The molecule has 2 aromatic carbocycles. The molecule has 128 valence electrons. The summed E-state index contributed by atoms with van der Waals surface area (Å²) >= 11 is 5.93. The second kappa shape index (κ2) is 6.94. The topological polar surface area (TPSA) is 75.7 Å². The van der Waals surface area contributed by atoms with Crippen molar-refractivity contribution in [3.8, 4) is 5.75 Å². The van der Waals surface area contributed by atoms with Crippen molar-refractivity contribution < 1.29 is 19.1 Å². The monoisotopic (exact) mass is 358 g/mol. The summed E-state index contributed by atoms with van der Waals surface area (Å²) in [6.07, 6.45) is 0.180. The number of hydrogen-bond donors (Lipinski definition) is 1. The first-order valence-corrected chi connectivity index (χ1v) is 7.94. The Morgan fingerprint density at radius 3 is 2.48 bits per heavy atom. The lowest BCUT2D eigenvalue weighted by Gasteiger charge is -2.30. The van der Waals surface area contributed by atoms with E-state index in [1.165, 1.54) is 6.07 Å². The van der Waals surface area contributed by atoms with E-state index in [-0.39, 0.29) is 6.42 Å². The molecule has 2 aromatic rings. The van der Waals surface area contributed by atoms with Crippen LogP contribution in [0, 0.1) is 5.92 Å². The number of carbonyl (C=O) groups excluding carboxylic acids is 3. The Hall–Kier alpha value is -2.86. The summed E-state index contributed by atoms with van der Waals surface area (Å²) in [4.78, 5) is 38.0. The fraction of sp³-hybridized carbons (Fsp3) is 0.167. The zero-order chi connectivity index (χ0) is 18.0. The summed E-state index contributed by atoms with van der Waals surface area (Å²) in [5.74, 6) is -1.50. The van der Waals surface area contributed by atoms with Crippen LogP contribution in [0.15, 0.2) is 48.5 Å². The maximum absolute atomic E-state index is 12.8. The molecule has 0 bridgehead atoms. The third-order valence-corrected chi connectivity index (χ3v) is 4.17. The molecule has 0 aromatic heterocycles. The number of imide groups is 2. The van der Waals surface area contributed by atoms with Crippen molar-refractivity contribution in [3.05, 3.63) is 59.1 Å². The predicted octanol–water partition coefficient (Wildman–Crippen LogP) is 2.79. The summed E-state index contributed by atoms with van der Waals surface area (Å²) in [5, 5.41) is 2.62. The molecule has 1 atom stereocenters. The van der Waals surface area contributed by atoms with Gasteiger partial charge in [0.15, 0.2) is 0 Å². The molecule has 1 saturated heterocycles. The first kappa shape index (κ1) is 17.0. The minimum Gasteiger partial charge on any atom is -0.497 e. The highest BCUT2D eigenvalue weighted by atomic mass is 35.5. The molecule has 0 aliphatic carbocycles. The van der Waals surface area contributed by atoms with Crippen LogP contribution in [0.25, 0.3) is 0 Å². The van der Waals surface area contributed by atoms with Gasteiger partial charge in [-0.25, -0.2) is 9.69 Å². The van der Waals surface area contributed by atoms with Gasteiger partial charge in [-0.2, -0.15) is 0 Å². The van der Waals surface area contributed by atoms with Crippen molar-refractivity contribution in [3.63, 3.8) is 0 Å².